The van der Waals surface area contributed by atoms with Gasteiger partial charge < -0.3 is 19.3 Å². The van der Waals surface area contributed by atoms with Crippen LogP contribution in [0.15, 0.2) is 41.3 Å². The van der Waals surface area contributed by atoms with Gasteiger partial charge in [-0.15, -0.1) is 0 Å². The van der Waals surface area contributed by atoms with Crippen LogP contribution in [0.1, 0.15) is 12.1 Å². The van der Waals surface area contributed by atoms with E-state index in [1.54, 1.807) is 17.7 Å². The monoisotopic (exact) mass is 300 g/mol. The highest BCUT2D eigenvalue weighted by Crippen LogP contribution is 2.21. The normalized spacial score (nSPS) is 18.5. The first-order chi connectivity index (χ1) is 10.5. The van der Waals surface area contributed by atoms with Crippen molar-refractivity contribution in [1.82, 2.24) is 9.47 Å². The zero-order valence-electron chi connectivity index (χ0n) is 12.8. The molecule has 0 radical (unpaired) electrons. The molecule has 0 amide bonds. The maximum Gasteiger partial charge on any atom is 0.223 e. The lowest BCUT2D eigenvalue weighted by molar-refractivity contribution is 0.208. The Morgan fingerprint density at radius 2 is 1.95 bits per heavy atom. The Balaban J connectivity index is 1.80. The Labute approximate surface area is 129 Å². The largest absolute Gasteiger partial charge is 0.503 e. The van der Waals surface area contributed by atoms with E-state index in [0.29, 0.717) is 5.69 Å². The summed E-state index contributed by atoms with van der Waals surface area (Å²) in [5, 5.41) is 9.75. The SMILES string of the molecule is Cc1c(O)c(=O)ccn1-c1ccc(OC2CCN(C)C2)cc1. The summed E-state index contributed by atoms with van der Waals surface area (Å²) in [5.41, 5.74) is 1.04. The van der Waals surface area contributed by atoms with Gasteiger partial charge in [0.25, 0.3) is 0 Å². The molecule has 0 spiro atoms. The van der Waals surface area contributed by atoms with Crippen LogP contribution in [0.2, 0.25) is 0 Å². The molecule has 1 atom stereocenters. The second-order valence-electron chi connectivity index (χ2n) is 5.77. The molecule has 116 valence electrons. The van der Waals surface area contributed by atoms with Crippen molar-refractivity contribution in [3.05, 3.63) is 52.4 Å². The van der Waals surface area contributed by atoms with Gasteiger partial charge >= 0.3 is 0 Å². The molecule has 22 heavy (non-hydrogen) atoms. The lowest BCUT2D eigenvalue weighted by atomic mass is 10.2. The van der Waals surface area contributed by atoms with E-state index in [4.69, 9.17) is 4.74 Å². The first-order valence-corrected chi connectivity index (χ1v) is 7.41. The van der Waals surface area contributed by atoms with Crippen molar-refractivity contribution in [2.24, 2.45) is 0 Å². The molecule has 2 aromatic rings. The van der Waals surface area contributed by atoms with Crippen LogP contribution in [0.3, 0.4) is 0 Å². The maximum atomic E-state index is 11.4. The number of ether oxygens (including phenoxy) is 1. The Morgan fingerprint density at radius 3 is 2.59 bits per heavy atom. The van der Waals surface area contributed by atoms with E-state index in [1.807, 2.05) is 24.3 Å². The van der Waals surface area contributed by atoms with Crippen molar-refractivity contribution in [3.63, 3.8) is 0 Å². The predicted molar refractivity (Wildman–Crippen MR) is 85.0 cm³/mol. The lowest BCUT2D eigenvalue weighted by Gasteiger charge is -2.15. The van der Waals surface area contributed by atoms with Crippen LogP contribution in [0.5, 0.6) is 11.5 Å². The fourth-order valence-electron chi connectivity index (χ4n) is 2.77. The van der Waals surface area contributed by atoms with Gasteiger partial charge in [0.1, 0.15) is 11.9 Å². The lowest BCUT2D eigenvalue weighted by Crippen LogP contribution is -2.21. The molecule has 1 fully saturated rings. The Hall–Kier alpha value is -2.27. The molecule has 1 aliphatic rings. The van der Waals surface area contributed by atoms with Crippen molar-refractivity contribution >= 4 is 0 Å². The van der Waals surface area contributed by atoms with E-state index in [9.17, 15) is 9.90 Å². The van der Waals surface area contributed by atoms with E-state index in [-0.39, 0.29) is 17.3 Å². The molecule has 0 aliphatic carbocycles. The minimum atomic E-state index is -0.362. The fourth-order valence-corrected chi connectivity index (χ4v) is 2.77. The summed E-state index contributed by atoms with van der Waals surface area (Å²) in [6, 6.07) is 9.04. The first kappa shape index (κ1) is 14.7. The third-order valence-corrected chi connectivity index (χ3v) is 4.08. The Kier molecular flexibility index (Phi) is 3.90. The number of aromatic hydroxyl groups is 1. The molecule has 5 heteroatoms. The van der Waals surface area contributed by atoms with E-state index in [2.05, 4.69) is 11.9 Å². The number of likely N-dealkylation sites (tertiary alicyclic amines) is 1. The molecule has 1 saturated heterocycles. The minimum absolute atomic E-state index is 0.211. The number of aromatic nitrogens is 1. The molecule has 1 aliphatic heterocycles. The quantitative estimate of drug-likeness (QED) is 0.941. The molecule has 0 bridgehead atoms. The van der Waals surface area contributed by atoms with Gasteiger partial charge in [-0.25, -0.2) is 0 Å². The van der Waals surface area contributed by atoms with Crippen LogP contribution in [0.4, 0.5) is 0 Å². The predicted octanol–water partition coefficient (Wildman–Crippen LogP) is 1.93. The third-order valence-electron chi connectivity index (χ3n) is 4.08. The van der Waals surface area contributed by atoms with Gasteiger partial charge in [-0.05, 0) is 44.7 Å². The summed E-state index contributed by atoms with van der Waals surface area (Å²) in [6.45, 7) is 3.74. The molecule has 5 nitrogen and oxygen atoms in total. The standard InChI is InChI=1S/C17H20N2O3/c1-12-17(21)16(20)8-10-19(12)13-3-5-14(6-4-13)22-15-7-9-18(2)11-15/h3-6,8,10,15,21H,7,9,11H2,1-2H3. The summed E-state index contributed by atoms with van der Waals surface area (Å²) < 4.78 is 7.74. The zero-order chi connectivity index (χ0) is 15.7. The topological polar surface area (TPSA) is 54.7 Å². The molecular formula is C17H20N2O3. The number of hydrogen-bond acceptors (Lipinski definition) is 4. The maximum absolute atomic E-state index is 11.4. The number of pyridine rings is 1. The second-order valence-corrected chi connectivity index (χ2v) is 5.77. The van der Waals surface area contributed by atoms with Gasteiger partial charge in [0, 0.05) is 31.0 Å². The number of rotatable bonds is 3. The van der Waals surface area contributed by atoms with E-state index >= 15 is 0 Å². The molecule has 2 heterocycles. The van der Waals surface area contributed by atoms with Crippen LogP contribution in [-0.4, -0.2) is 40.8 Å². The molecule has 1 N–H and O–H groups in total. The van der Waals surface area contributed by atoms with Crippen LogP contribution >= 0.6 is 0 Å². The second kappa shape index (κ2) is 5.85. The van der Waals surface area contributed by atoms with Crippen molar-refractivity contribution in [1.29, 1.82) is 0 Å². The highest BCUT2D eigenvalue weighted by atomic mass is 16.5. The van der Waals surface area contributed by atoms with Crippen molar-refractivity contribution in [2.75, 3.05) is 20.1 Å². The summed E-state index contributed by atoms with van der Waals surface area (Å²) in [5.74, 6) is 0.629. The van der Waals surface area contributed by atoms with Gasteiger partial charge in [0.05, 0.1) is 5.69 Å². The average Bonchev–Trinajstić information content (AvgIpc) is 2.91. The smallest absolute Gasteiger partial charge is 0.223 e. The average molecular weight is 300 g/mol. The van der Waals surface area contributed by atoms with Gasteiger partial charge in [-0.3, -0.25) is 4.79 Å². The van der Waals surface area contributed by atoms with Crippen LogP contribution in [0.25, 0.3) is 5.69 Å². The van der Waals surface area contributed by atoms with Gasteiger partial charge in [0.15, 0.2) is 5.75 Å². The summed E-state index contributed by atoms with van der Waals surface area (Å²) in [6.07, 6.45) is 2.96. The highest BCUT2D eigenvalue weighted by Gasteiger charge is 2.20. The van der Waals surface area contributed by atoms with Gasteiger partial charge in [-0.2, -0.15) is 0 Å². The molecule has 0 saturated carbocycles. The molecule has 1 aromatic heterocycles. The van der Waals surface area contributed by atoms with Crippen molar-refractivity contribution < 1.29 is 9.84 Å². The molecule has 1 unspecified atom stereocenters. The third kappa shape index (κ3) is 2.85. The van der Waals surface area contributed by atoms with Crippen molar-refractivity contribution in [2.45, 2.75) is 19.4 Å². The van der Waals surface area contributed by atoms with Crippen LogP contribution in [-0.2, 0) is 0 Å². The van der Waals surface area contributed by atoms with Crippen molar-refractivity contribution in [3.8, 4) is 17.2 Å². The van der Waals surface area contributed by atoms with E-state index in [0.717, 1.165) is 30.9 Å². The summed E-state index contributed by atoms with van der Waals surface area (Å²) in [4.78, 5) is 13.7. The zero-order valence-corrected chi connectivity index (χ0v) is 12.8. The summed E-state index contributed by atoms with van der Waals surface area (Å²) >= 11 is 0. The fraction of sp³-hybridized carbons (Fsp3) is 0.353. The van der Waals surface area contributed by atoms with Crippen LogP contribution in [0, 0.1) is 6.92 Å². The number of benzene rings is 1. The summed E-state index contributed by atoms with van der Waals surface area (Å²) in [7, 11) is 2.10. The molecule has 1 aromatic carbocycles. The Morgan fingerprint density at radius 1 is 1.23 bits per heavy atom. The van der Waals surface area contributed by atoms with E-state index in [1.165, 1.54) is 6.07 Å². The number of likely N-dealkylation sites (N-methyl/N-ethyl adjacent to an activating group) is 1. The van der Waals surface area contributed by atoms with E-state index < -0.39 is 0 Å². The van der Waals surface area contributed by atoms with Crippen LogP contribution < -0.4 is 10.2 Å². The highest BCUT2D eigenvalue weighted by molar-refractivity contribution is 5.41. The number of nitrogens with zero attached hydrogens (tertiary/aromatic N) is 2. The first-order valence-electron chi connectivity index (χ1n) is 7.41. The minimum Gasteiger partial charge on any atom is -0.503 e. The van der Waals surface area contributed by atoms with Gasteiger partial charge in [-0.1, -0.05) is 0 Å². The number of hydrogen-bond donors (Lipinski definition) is 1. The van der Waals surface area contributed by atoms with Gasteiger partial charge in [0.2, 0.25) is 5.43 Å². The molecule has 3 rings (SSSR count). The molecular weight excluding hydrogens is 280 g/mol. The Bertz CT molecular complexity index is 722.